The van der Waals surface area contributed by atoms with Crippen LogP contribution in [0, 0.1) is 5.92 Å². The molecule has 1 N–H and O–H groups in total. The van der Waals surface area contributed by atoms with Crippen LogP contribution in [-0.2, 0) is 9.59 Å². The minimum atomic E-state index is -0.315. The molecule has 0 saturated heterocycles. The van der Waals surface area contributed by atoms with Crippen molar-refractivity contribution >= 4 is 28.3 Å². The quantitative estimate of drug-likeness (QED) is 0.510. The molecular weight excluding hydrogens is 366 g/mol. The van der Waals surface area contributed by atoms with Gasteiger partial charge >= 0.3 is 5.97 Å². The lowest BCUT2D eigenvalue weighted by Gasteiger charge is -2.28. The number of carbonyl (C=O) groups is 2. The van der Waals surface area contributed by atoms with Crippen LogP contribution in [0.2, 0.25) is 0 Å². The number of esters is 1. The molecule has 4 rings (SSSR count). The lowest BCUT2D eigenvalue weighted by Crippen LogP contribution is -2.23. The van der Waals surface area contributed by atoms with Crippen LogP contribution in [0.1, 0.15) is 37.3 Å². The number of anilines is 1. The molecule has 1 aliphatic rings. The van der Waals surface area contributed by atoms with Crippen molar-refractivity contribution in [3.8, 4) is 11.5 Å². The van der Waals surface area contributed by atoms with Crippen LogP contribution in [0.5, 0.6) is 11.5 Å². The van der Waals surface area contributed by atoms with Crippen molar-refractivity contribution < 1.29 is 19.1 Å². The van der Waals surface area contributed by atoms with Crippen LogP contribution in [0.15, 0.2) is 54.6 Å². The van der Waals surface area contributed by atoms with E-state index >= 15 is 0 Å². The normalized spacial score (nSPS) is 15.7. The molecule has 148 valence electrons. The number of ether oxygens (including phenoxy) is 2. The van der Waals surface area contributed by atoms with Gasteiger partial charge < -0.3 is 14.8 Å². The van der Waals surface area contributed by atoms with Gasteiger partial charge in [-0.05, 0) is 40.1 Å². The molecule has 1 aliphatic heterocycles. The highest BCUT2D eigenvalue weighted by Crippen LogP contribution is 2.43. The van der Waals surface area contributed by atoms with Crippen LogP contribution in [0.3, 0.4) is 0 Å². The maximum Gasteiger partial charge on any atom is 0.313 e. The van der Waals surface area contributed by atoms with Gasteiger partial charge in [-0.1, -0.05) is 50.2 Å². The lowest BCUT2D eigenvalue weighted by atomic mass is 9.82. The second-order valence-electron chi connectivity index (χ2n) is 7.54. The zero-order chi connectivity index (χ0) is 20.5. The lowest BCUT2D eigenvalue weighted by molar-refractivity contribution is -0.137. The molecule has 3 aromatic carbocycles. The number of methoxy groups -OCH3 is 1. The monoisotopic (exact) mass is 389 g/mol. The summed E-state index contributed by atoms with van der Waals surface area (Å²) in [5.41, 5.74) is 2.87. The van der Waals surface area contributed by atoms with E-state index in [1.807, 2.05) is 36.4 Å². The summed E-state index contributed by atoms with van der Waals surface area (Å²) in [4.78, 5) is 24.4. The second-order valence-corrected chi connectivity index (χ2v) is 7.54. The Bertz CT molecular complexity index is 1100. The van der Waals surface area contributed by atoms with Gasteiger partial charge in [-0.3, -0.25) is 9.59 Å². The summed E-state index contributed by atoms with van der Waals surface area (Å²) in [6.07, 6.45) is 0.343. The van der Waals surface area contributed by atoms with E-state index in [2.05, 4.69) is 17.4 Å². The number of rotatable bonds is 4. The molecule has 5 heteroatoms. The molecule has 5 nitrogen and oxygen atoms in total. The predicted molar refractivity (Wildman–Crippen MR) is 113 cm³/mol. The molecule has 0 aliphatic carbocycles. The van der Waals surface area contributed by atoms with Gasteiger partial charge in [0.05, 0.1) is 13.0 Å². The fraction of sp³-hybridized carbons (Fsp3) is 0.250. The molecule has 0 aromatic heterocycles. The van der Waals surface area contributed by atoms with E-state index in [9.17, 15) is 9.59 Å². The largest absolute Gasteiger partial charge is 0.493 e. The molecule has 0 radical (unpaired) electrons. The average Bonchev–Trinajstić information content (AvgIpc) is 2.73. The molecular formula is C24H23NO4. The van der Waals surface area contributed by atoms with Crippen molar-refractivity contribution in [3.63, 3.8) is 0 Å². The van der Waals surface area contributed by atoms with Crippen molar-refractivity contribution in [2.24, 2.45) is 5.92 Å². The molecule has 1 heterocycles. The number of carbonyl (C=O) groups excluding carboxylic acids is 2. The van der Waals surface area contributed by atoms with E-state index in [-0.39, 0.29) is 23.7 Å². The van der Waals surface area contributed by atoms with Gasteiger partial charge in [-0.15, -0.1) is 0 Å². The SMILES string of the molecule is COc1cc([C@@H]2CC(=O)Nc3ccc4ccccc4c32)ccc1OC(=O)C(C)C. The minimum absolute atomic E-state index is 0.0212. The molecule has 0 fully saturated rings. The van der Waals surface area contributed by atoms with Gasteiger partial charge in [-0.2, -0.15) is 0 Å². The van der Waals surface area contributed by atoms with E-state index in [0.29, 0.717) is 17.9 Å². The topological polar surface area (TPSA) is 64.6 Å². The maximum absolute atomic E-state index is 12.4. The highest BCUT2D eigenvalue weighted by molar-refractivity contribution is 6.01. The predicted octanol–water partition coefficient (Wildman–Crippen LogP) is 4.88. The molecule has 29 heavy (non-hydrogen) atoms. The first kappa shape index (κ1) is 19.0. The number of hydrogen-bond acceptors (Lipinski definition) is 4. The first-order valence-electron chi connectivity index (χ1n) is 9.69. The van der Waals surface area contributed by atoms with Crippen molar-refractivity contribution in [1.82, 2.24) is 0 Å². The molecule has 0 unspecified atom stereocenters. The van der Waals surface area contributed by atoms with Crippen molar-refractivity contribution in [3.05, 3.63) is 65.7 Å². The van der Waals surface area contributed by atoms with E-state index in [0.717, 1.165) is 27.6 Å². The van der Waals surface area contributed by atoms with Gasteiger partial charge in [0.2, 0.25) is 5.91 Å². The van der Waals surface area contributed by atoms with Crippen molar-refractivity contribution in [1.29, 1.82) is 0 Å². The molecule has 3 aromatic rings. The van der Waals surface area contributed by atoms with Crippen molar-refractivity contribution in [2.75, 3.05) is 12.4 Å². The third-order valence-corrected chi connectivity index (χ3v) is 5.25. The van der Waals surface area contributed by atoms with Gasteiger partial charge in [0.15, 0.2) is 11.5 Å². The van der Waals surface area contributed by atoms with E-state index < -0.39 is 0 Å². The Morgan fingerprint density at radius 2 is 1.86 bits per heavy atom. The number of amides is 1. The molecule has 1 amide bonds. The Morgan fingerprint density at radius 3 is 2.62 bits per heavy atom. The minimum Gasteiger partial charge on any atom is -0.493 e. The number of benzene rings is 3. The fourth-order valence-electron chi connectivity index (χ4n) is 3.76. The van der Waals surface area contributed by atoms with E-state index in [4.69, 9.17) is 9.47 Å². The Hall–Kier alpha value is -3.34. The smallest absolute Gasteiger partial charge is 0.313 e. The third kappa shape index (κ3) is 3.56. The van der Waals surface area contributed by atoms with Crippen LogP contribution in [-0.4, -0.2) is 19.0 Å². The summed E-state index contributed by atoms with van der Waals surface area (Å²) in [7, 11) is 1.54. The Labute approximate surface area is 169 Å². The van der Waals surface area contributed by atoms with Crippen LogP contribution in [0.4, 0.5) is 5.69 Å². The number of fused-ring (bicyclic) bond motifs is 3. The zero-order valence-corrected chi connectivity index (χ0v) is 16.7. The summed E-state index contributed by atoms with van der Waals surface area (Å²) in [5, 5.41) is 5.23. The first-order chi connectivity index (χ1) is 14.0. The number of hydrogen-bond donors (Lipinski definition) is 1. The summed E-state index contributed by atoms with van der Waals surface area (Å²) in [5.74, 6) is 0.169. The highest BCUT2D eigenvalue weighted by Gasteiger charge is 2.29. The van der Waals surface area contributed by atoms with Crippen molar-refractivity contribution in [2.45, 2.75) is 26.2 Å². The number of nitrogens with one attached hydrogen (secondary N) is 1. The van der Waals surface area contributed by atoms with E-state index in [1.54, 1.807) is 27.0 Å². The highest BCUT2D eigenvalue weighted by atomic mass is 16.6. The maximum atomic E-state index is 12.4. The summed E-state index contributed by atoms with van der Waals surface area (Å²) < 4.78 is 10.9. The molecule has 0 spiro atoms. The van der Waals surface area contributed by atoms with Gasteiger partial charge in [0.25, 0.3) is 0 Å². The summed E-state index contributed by atoms with van der Waals surface area (Å²) >= 11 is 0. The standard InChI is InChI=1S/C24H23NO4/c1-14(2)24(27)29-20-11-9-16(12-21(20)28-3)18-13-22(26)25-19-10-8-15-6-4-5-7-17(15)23(18)19/h4-12,14,18H,13H2,1-3H3,(H,25,26)/t18-/m0/s1. The zero-order valence-electron chi connectivity index (χ0n) is 16.7. The average molecular weight is 389 g/mol. The van der Waals surface area contributed by atoms with Crippen LogP contribution >= 0.6 is 0 Å². The summed E-state index contributed by atoms with van der Waals surface area (Å²) in [6, 6.07) is 17.6. The molecule has 0 bridgehead atoms. The van der Waals surface area contributed by atoms with Gasteiger partial charge in [0, 0.05) is 18.0 Å². The Kier molecular flexibility index (Phi) is 4.97. The fourth-order valence-corrected chi connectivity index (χ4v) is 3.76. The second kappa shape index (κ2) is 7.59. The Balaban J connectivity index is 1.80. The van der Waals surface area contributed by atoms with Gasteiger partial charge in [0.1, 0.15) is 0 Å². The van der Waals surface area contributed by atoms with Crippen LogP contribution in [0.25, 0.3) is 10.8 Å². The van der Waals surface area contributed by atoms with Gasteiger partial charge in [-0.25, -0.2) is 0 Å². The summed E-state index contributed by atoms with van der Waals surface area (Å²) in [6.45, 7) is 3.57. The van der Waals surface area contributed by atoms with E-state index in [1.165, 1.54) is 0 Å². The first-order valence-corrected chi connectivity index (χ1v) is 9.69. The Morgan fingerprint density at radius 1 is 1.07 bits per heavy atom. The third-order valence-electron chi connectivity index (χ3n) is 5.25. The molecule has 1 atom stereocenters. The molecule has 0 saturated carbocycles. The van der Waals surface area contributed by atoms with Crippen LogP contribution < -0.4 is 14.8 Å².